The Morgan fingerprint density at radius 1 is 1.26 bits per heavy atom. The zero-order valence-corrected chi connectivity index (χ0v) is 11.3. The Balaban J connectivity index is 1.95. The van der Waals surface area contributed by atoms with Crippen LogP contribution in [0.15, 0.2) is 29.3 Å². The van der Waals surface area contributed by atoms with E-state index in [4.69, 9.17) is 5.73 Å². The Morgan fingerprint density at radius 3 is 2.53 bits per heavy atom. The third-order valence-corrected chi connectivity index (χ3v) is 4.51. The van der Waals surface area contributed by atoms with Crippen molar-refractivity contribution in [1.29, 1.82) is 0 Å². The molecule has 4 heteroatoms. The van der Waals surface area contributed by atoms with Gasteiger partial charge in [0.05, 0.1) is 12.1 Å². The van der Waals surface area contributed by atoms with E-state index < -0.39 is 0 Å². The van der Waals surface area contributed by atoms with Crippen LogP contribution in [-0.2, 0) is 5.54 Å². The zero-order chi connectivity index (χ0) is 13.5. The van der Waals surface area contributed by atoms with Gasteiger partial charge in [-0.15, -0.1) is 0 Å². The fourth-order valence-electron chi connectivity index (χ4n) is 3.44. The Bertz CT molecular complexity index is 491. The molecule has 1 atom stereocenters. The summed E-state index contributed by atoms with van der Waals surface area (Å²) in [7, 11) is 0. The third-order valence-electron chi connectivity index (χ3n) is 4.51. The molecular formula is C15H21N3O. The molecule has 1 saturated carbocycles. The van der Waals surface area contributed by atoms with E-state index in [1.807, 2.05) is 12.1 Å². The monoisotopic (exact) mass is 259 g/mol. The molecule has 1 aliphatic carbocycles. The Morgan fingerprint density at radius 2 is 1.89 bits per heavy atom. The minimum atomic E-state index is -0.174. The van der Waals surface area contributed by atoms with Crippen molar-refractivity contribution in [3.63, 3.8) is 0 Å². The molecule has 4 nitrogen and oxygen atoms in total. The largest absolute Gasteiger partial charge is 0.508 e. The van der Waals surface area contributed by atoms with Crippen LogP contribution in [0.1, 0.15) is 38.2 Å². The van der Waals surface area contributed by atoms with Crippen LogP contribution in [0.5, 0.6) is 5.75 Å². The molecule has 1 heterocycles. The smallest absolute Gasteiger partial charge is 0.192 e. The summed E-state index contributed by atoms with van der Waals surface area (Å²) in [5.74, 6) is 0.967. The van der Waals surface area contributed by atoms with E-state index in [2.05, 4.69) is 16.8 Å². The Kier molecular flexibility index (Phi) is 2.88. The first-order valence-electron chi connectivity index (χ1n) is 7.00. The van der Waals surface area contributed by atoms with Gasteiger partial charge in [-0.2, -0.15) is 0 Å². The van der Waals surface area contributed by atoms with Gasteiger partial charge in [-0.3, -0.25) is 4.99 Å². The summed E-state index contributed by atoms with van der Waals surface area (Å²) in [6, 6.07) is 7.94. The van der Waals surface area contributed by atoms with Gasteiger partial charge in [-0.25, -0.2) is 0 Å². The lowest BCUT2D eigenvalue weighted by atomic mass is 9.89. The van der Waals surface area contributed by atoms with E-state index in [1.165, 1.54) is 31.2 Å². The maximum Gasteiger partial charge on any atom is 0.192 e. The molecule has 1 unspecified atom stereocenters. The van der Waals surface area contributed by atoms with E-state index >= 15 is 0 Å². The van der Waals surface area contributed by atoms with E-state index in [1.54, 1.807) is 12.1 Å². The van der Waals surface area contributed by atoms with Crippen molar-refractivity contribution >= 4 is 5.96 Å². The summed E-state index contributed by atoms with van der Waals surface area (Å²) in [5, 5.41) is 9.45. The fraction of sp³-hybridized carbons (Fsp3) is 0.533. The summed E-state index contributed by atoms with van der Waals surface area (Å²) >= 11 is 0. The number of phenols is 1. The third kappa shape index (κ3) is 1.95. The quantitative estimate of drug-likeness (QED) is 0.855. The lowest BCUT2D eigenvalue weighted by Crippen LogP contribution is -2.52. The maximum absolute atomic E-state index is 9.45. The first kappa shape index (κ1) is 12.3. The van der Waals surface area contributed by atoms with Crippen LogP contribution in [0.3, 0.4) is 0 Å². The van der Waals surface area contributed by atoms with Gasteiger partial charge < -0.3 is 15.7 Å². The predicted molar refractivity (Wildman–Crippen MR) is 76.0 cm³/mol. The number of aliphatic imine (C=N–C) groups is 1. The molecule has 1 fully saturated rings. The highest BCUT2D eigenvalue weighted by Gasteiger charge is 2.43. The standard InChI is InChI=1S/C15H21N3O/c1-15(11-6-8-13(19)9-7-11)10-17-14(16)18(15)12-4-2-3-5-12/h6-9,12,19H,2-5,10H2,1H3,(H2,16,17). The highest BCUT2D eigenvalue weighted by Crippen LogP contribution is 2.38. The number of aromatic hydroxyl groups is 1. The van der Waals surface area contributed by atoms with Gasteiger partial charge in [-0.05, 0) is 37.5 Å². The number of nitrogens with zero attached hydrogens (tertiary/aromatic N) is 2. The Hall–Kier alpha value is -1.71. The van der Waals surface area contributed by atoms with Gasteiger partial charge >= 0.3 is 0 Å². The van der Waals surface area contributed by atoms with E-state index in [9.17, 15) is 5.11 Å². The molecule has 0 saturated heterocycles. The number of nitrogens with two attached hydrogens (primary N) is 1. The minimum Gasteiger partial charge on any atom is -0.508 e. The molecular weight excluding hydrogens is 238 g/mol. The molecule has 0 spiro atoms. The SMILES string of the molecule is CC1(c2ccc(O)cc2)CN=C(N)N1C1CCCC1. The van der Waals surface area contributed by atoms with Crippen LogP contribution in [0, 0.1) is 0 Å². The van der Waals surface area contributed by atoms with Crippen LogP contribution < -0.4 is 5.73 Å². The molecule has 1 aliphatic heterocycles. The summed E-state index contributed by atoms with van der Waals surface area (Å²) < 4.78 is 0. The van der Waals surface area contributed by atoms with Gasteiger partial charge in [-0.1, -0.05) is 25.0 Å². The van der Waals surface area contributed by atoms with Crippen molar-refractivity contribution in [3.05, 3.63) is 29.8 Å². The number of rotatable bonds is 2. The average Bonchev–Trinajstić information content (AvgIpc) is 2.99. The van der Waals surface area contributed by atoms with Crippen molar-refractivity contribution < 1.29 is 5.11 Å². The second kappa shape index (κ2) is 4.44. The number of phenolic OH excluding ortho intramolecular Hbond substituents is 1. The second-order valence-corrected chi connectivity index (χ2v) is 5.80. The van der Waals surface area contributed by atoms with Gasteiger partial charge in [0, 0.05) is 6.04 Å². The normalized spacial score (nSPS) is 27.8. The Labute approximate surface area is 113 Å². The van der Waals surface area contributed by atoms with Crippen molar-refractivity contribution in [2.45, 2.75) is 44.2 Å². The highest BCUT2D eigenvalue weighted by atomic mass is 16.3. The molecule has 0 aromatic heterocycles. The number of hydrogen-bond donors (Lipinski definition) is 2. The van der Waals surface area contributed by atoms with Gasteiger partial charge in [0.25, 0.3) is 0 Å². The van der Waals surface area contributed by atoms with Crippen LogP contribution in [0.2, 0.25) is 0 Å². The number of benzene rings is 1. The van der Waals surface area contributed by atoms with Crippen molar-refractivity contribution in [3.8, 4) is 5.75 Å². The molecule has 1 aromatic carbocycles. The van der Waals surface area contributed by atoms with Gasteiger partial charge in [0.15, 0.2) is 5.96 Å². The number of guanidine groups is 1. The molecule has 3 N–H and O–H groups in total. The van der Waals surface area contributed by atoms with E-state index in [-0.39, 0.29) is 5.54 Å². The van der Waals surface area contributed by atoms with E-state index in [0.29, 0.717) is 24.3 Å². The molecule has 19 heavy (non-hydrogen) atoms. The van der Waals surface area contributed by atoms with Crippen molar-refractivity contribution in [2.75, 3.05) is 6.54 Å². The maximum atomic E-state index is 9.45. The lowest BCUT2D eigenvalue weighted by molar-refractivity contribution is 0.167. The summed E-state index contributed by atoms with van der Waals surface area (Å²) in [6.45, 7) is 2.89. The van der Waals surface area contributed by atoms with Crippen LogP contribution in [-0.4, -0.2) is 28.6 Å². The lowest BCUT2D eigenvalue weighted by Gasteiger charge is -2.41. The molecule has 0 radical (unpaired) electrons. The molecule has 0 bridgehead atoms. The molecule has 2 aliphatic rings. The average molecular weight is 259 g/mol. The number of hydrogen-bond acceptors (Lipinski definition) is 4. The predicted octanol–water partition coefficient (Wildman–Crippen LogP) is 2.18. The molecule has 3 rings (SSSR count). The summed E-state index contributed by atoms with van der Waals surface area (Å²) in [5.41, 5.74) is 7.12. The van der Waals surface area contributed by atoms with Crippen molar-refractivity contribution in [1.82, 2.24) is 4.90 Å². The second-order valence-electron chi connectivity index (χ2n) is 5.80. The van der Waals surface area contributed by atoms with Crippen LogP contribution in [0.25, 0.3) is 0 Å². The molecule has 1 aromatic rings. The summed E-state index contributed by atoms with van der Waals surface area (Å²) in [6.07, 6.45) is 4.95. The summed E-state index contributed by atoms with van der Waals surface area (Å²) in [4.78, 5) is 6.77. The zero-order valence-electron chi connectivity index (χ0n) is 11.3. The topological polar surface area (TPSA) is 61.9 Å². The highest BCUT2D eigenvalue weighted by molar-refractivity contribution is 5.81. The van der Waals surface area contributed by atoms with E-state index in [0.717, 1.165) is 0 Å². The van der Waals surface area contributed by atoms with Crippen LogP contribution in [0.4, 0.5) is 0 Å². The van der Waals surface area contributed by atoms with Gasteiger partial charge in [0.2, 0.25) is 0 Å². The first-order valence-corrected chi connectivity index (χ1v) is 7.00. The van der Waals surface area contributed by atoms with Crippen molar-refractivity contribution in [2.24, 2.45) is 10.7 Å². The minimum absolute atomic E-state index is 0.174. The van der Waals surface area contributed by atoms with Crippen LogP contribution >= 0.6 is 0 Å². The molecule has 0 amide bonds. The molecule has 102 valence electrons. The first-order chi connectivity index (χ1) is 9.11. The fourth-order valence-corrected chi connectivity index (χ4v) is 3.44. The van der Waals surface area contributed by atoms with Gasteiger partial charge in [0.1, 0.15) is 5.75 Å².